The van der Waals surface area contributed by atoms with Crippen molar-refractivity contribution in [3.8, 4) is 5.75 Å². The lowest BCUT2D eigenvalue weighted by molar-refractivity contribution is -0.128. The van der Waals surface area contributed by atoms with E-state index in [0.29, 0.717) is 11.4 Å². The second-order valence-electron chi connectivity index (χ2n) is 8.47. The van der Waals surface area contributed by atoms with Gasteiger partial charge in [-0.1, -0.05) is 57.2 Å². The maximum Gasteiger partial charge on any atom is 0.263 e. The van der Waals surface area contributed by atoms with E-state index in [1.54, 1.807) is 6.07 Å². The summed E-state index contributed by atoms with van der Waals surface area (Å²) in [5, 5.41) is 2.92. The average molecular weight is 417 g/mol. The Balaban J connectivity index is 1.88. The first kappa shape index (κ1) is 21.2. The first-order chi connectivity index (χ1) is 13.5. The van der Waals surface area contributed by atoms with Crippen LogP contribution < -0.4 is 14.4 Å². The molecule has 0 saturated carbocycles. The van der Waals surface area contributed by atoms with Gasteiger partial charge in [-0.15, -0.1) is 0 Å². The maximum atomic E-state index is 12.8. The Morgan fingerprint density at radius 1 is 1.17 bits per heavy atom. The van der Waals surface area contributed by atoms with E-state index in [-0.39, 0.29) is 23.9 Å². The summed E-state index contributed by atoms with van der Waals surface area (Å²) < 4.78 is 32.1. The summed E-state index contributed by atoms with van der Waals surface area (Å²) in [6.45, 7) is 8.00. The molecular weight excluding hydrogens is 388 g/mol. The van der Waals surface area contributed by atoms with Gasteiger partial charge in [0, 0.05) is 0 Å². The molecule has 0 aliphatic carbocycles. The third kappa shape index (κ3) is 4.72. The Labute approximate surface area is 172 Å². The van der Waals surface area contributed by atoms with Crippen molar-refractivity contribution in [2.24, 2.45) is 0 Å². The number of hydrogen-bond donors (Lipinski definition) is 1. The Hall–Kier alpha value is -2.54. The van der Waals surface area contributed by atoms with Gasteiger partial charge in [0.05, 0.1) is 24.5 Å². The molecule has 0 fully saturated rings. The van der Waals surface area contributed by atoms with Gasteiger partial charge < -0.3 is 10.1 Å². The summed E-state index contributed by atoms with van der Waals surface area (Å²) in [4.78, 5) is 12.8. The Morgan fingerprint density at radius 3 is 2.41 bits per heavy atom. The second-order valence-corrected chi connectivity index (χ2v) is 10.4. The normalized spacial score (nSPS) is 17.8. The van der Waals surface area contributed by atoms with Crippen molar-refractivity contribution in [3.63, 3.8) is 0 Å². The molecule has 0 bridgehead atoms. The molecule has 0 radical (unpaired) electrons. The highest BCUT2D eigenvalue weighted by atomic mass is 32.2. The van der Waals surface area contributed by atoms with Gasteiger partial charge in [0.25, 0.3) is 5.91 Å². The predicted octanol–water partition coefficient (Wildman–Crippen LogP) is 3.39. The molecule has 1 N–H and O–H groups in total. The fourth-order valence-corrected chi connectivity index (χ4v) is 4.21. The molecule has 156 valence electrons. The first-order valence-corrected chi connectivity index (χ1v) is 11.5. The monoisotopic (exact) mass is 416 g/mol. The molecule has 1 amide bonds. The third-order valence-electron chi connectivity index (χ3n) is 5.05. The fraction of sp³-hybridized carbons (Fsp3) is 0.409. The molecule has 6 nitrogen and oxygen atoms in total. The Kier molecular flexibility index (Phi) is 5.63. The molecule has 0 spiro atoms. The minimum Gasteiger partial charge on any atom is -0.476 e. The molecule has 7 heteroatoms. The number of carbonyl (C=O) groups is 1. The van der Waals surface area contributed by atoms with Crippen molar-refractivity contribution >= 4 is 21.6 Å². The quantitative estimate of drug-likeness (QED) is 0.829. The molecular formula is C22H28N2O4S. The second kappa shape index (κ2) is 7.71. The van der Waals surface area contributed by atoms with Gasteiger partial charge in [0.15, 0.2) is 6.10 Å². The van der Waals surface area contributed by atoms with Crippen molar-refractivity contribution in [1.29, 1.82) is 0 Å². The Bertz CT molecular complexity index is 997. The number of ether oxygens (including phenoxy) is 1. The number of anilines is 1. The molecule has 2 aromatic carbocycles. The molecule has 0 aromatic heterocycles. The van der Waals surface area contributed by atoms with Crippen LogP contribution in [0.1, 0.15) is 44.9 Å². The zero-order chi connectivity index (χ0) is 21.4. The van der Waals surface area contributed by atoms with Crippen molar-refractivity contribution < 1.29 is 17.9 Å². The van der Waals surface area contributed by atoms with Crippen molar-refractivity contribution in [3.05, 3.63) is 59.7 Å². The summed E-state index contributed by atoms with van der Waals surface area (Å²) >= 11 is 0. The van der Waals surface area contributed by atoms with Crippen LogP contribution in [0.5, 0.6) is 5.75 Å². The number of nitrogens with zero attached hydrogens (tertiary/aromatic N) is 1. The van der Waals surface area contributed by atoms with Gasteiger partial charge in [0.2, 0.25) is 10.0 Å². The SMILES string of the molecule is C[C@H](NC(=O)[C@H]1CN(S(C)(=O)=O)c2cc(C(C)(C)C)ccc2O1)c1ccccc1. The fourth-order valence-electron chi connectivity index (χ4n) is 3.30. The first-order valence-electron chi connectivity index (χ1n) is 9.61. The van der Waals surface area contributed by atoms with Crippen molar-refractivity contribution in [2.75, 3.05) is 17.1 Å². The number of carbonyl (C=O) groups excluding carboxylic acids is 1. The lowest BCUT2D eigenvalue weighted by Crippen LogP contribution is -2.50. The van der Waals surface area contributed by atoms with Crippen molar-refractivity contribution in [2.45, 2.75) is 45.3 Å². The number of nitrogens with one attached hydrogen (secondary N) is 1. The smallest absolute Gasteiger partial charge is 0.263 e. The molecule has 0 saturated heterocycles. The highest BCUT2D eigenvalue weighted by Crippen LogP contribution is 2.38. The summed E-state index contributed by atoms with van der Waals surface area (Å²) in [6.07, 6.45) is 0.219. The summed E-state index contributed by atoms with van der Waals surface area (Å²) in [7, 11) is -3.58. The molecule has 0 unspecified atom stereocenters. The Morgan fingerprint density at radius 2 is 1.83 bits per heavy atom. The summed E-state index contributed by atoms with van der Waals surface area (Å²) in [6, 6.07) is 14.8. The topological polar surface area (TPSA) is 75.7 Å². The zero-order valence-corrected chi connectivity index (χ0v) is 18.3. The predicted molar refractivity (Wildman–Crippen MR) is 115 cm³/mol. The molecule has 1 heterocycles. The van der Waals surface area contributed by atoms with Crippen LogP contribution >= 0.6 is 0 Å². The van der Waals surface area contributed by atoms with E-state index in [1.807, 2.05) is 49.4 Å². The number of sulfonamides is 1. The van der Waals surface area contributed by atoms with E-state index in [9.17, 15) is 13.2 Å². The number of benzene rings is 2. The minimum atomic E-state index is -3.58. The van der Waals surface area contributed by atoms with E-state index in [4.69, 9.17) is 4.74 Å². The number of fused-ring (bicyclic) bond motifs is 1. The van der Waals surface area contributed by atoms with E-state index < -0.39 is 16.1 Å². The van der Waals surface area contributed by atoms with Gasteiger partial charge in [0.1, 0.15) is 5.75 Å². The summed E-state index contributed by atoms with van der Waals surface area (Å²) in [5.74, 6) is 0.0442. The van der Waals surface area contributed by atoms with Crippen LogP contribution in [0.3, 0.4) is 0 Å². The summed E-state index contributed by atoms with van der Waals surface area (Å²) in [5.41, 5.74) is 2.29. The number of rotatable bonds is 4. The standard InChI is InChI=1S/C22H28N2O4S/c1-15(16-9-7-6-8-10-16)23-21(25)20-14-24(29(5,26)27)18-13-17(22(2,3)4)11-12-19(18)28-20/h6-13,15,20H,14H2,1-5H3,(H,23,25)/t15-,20+/m0/s1. The number of amides is 1. The van der Waals surface area contributed by atoms with Crippen LogP contribution in [-0.4, -0.2) is 33.2 Å². The van der Waals surface area contributed by atoms with E-state index >= 15 is 0 Å². The van der Waals surface area contributed by atoms with Crippen LogP contribution in [0.2, 0.25) is 0 Å². The molecule has 1 aliphatic heterocycles. The van der Waals surface area contributed by atoms with Crippen LogP contribution in [0.25, 0.3) is 0 Å². The van der Waals surface area contributed by atoms with Crippen LogP contribution in [0.4, 0.5) is 5.69 Å². The van der Waals surface area contributed by atoms with Crippen LogP contribution in [0.15, 0.2) is 48.5 Å². The zero-order valence-electron chi connectivity index (χ0n) is 17.5. The van der Waals surface area contributed by atoms with E-state index in [1.165, 1.54) is 4.31 Å². The van der Waals surface area contributed by atoms with E-state index in [2.05, 4.69) is 26.1 Å². The van der Waals surface area contributed by atoms with Gasteiger partial charge in [-0.25, -0.2) is 8.42 Å². The lowest BCUT2D eigenvalue weighted by atomic mass is 9.86. The van der Waals surface area contributed by atoms with Gasteiger partial charge >= 0.3 is 0 Å². The van der Waals surface area contributed by atoms with Crippen LogP contribution in [-0.2, 0) is 20.2 Å². The molecule has 3 rings (SSSR count). The minimum absolute atomic E-state index is 0.0627. The molecule has 2 aromatic rings. The van der Waals surface area contributed by atoms with Gasteiger partial charge in [-0.2, -0.15) is 0 Å². The van der Waals surface area contributed by atoms with Gasteiger partial charge in [-0.3, -0.25) is 9.10 Å². The molecule has 2 atom stereocenters. The lowest BCUT2D eigenvalue weighted by Gasteiger charge is -2.35. The van der Waals surface area contributed by atoms with E-state index in [0.717, 1.165) is 17.4 Å². The third-order valence-corrected chi connectivity index (χ3v) is 6.19. The average Bonchev–Trinajstić information content (AvgIpc) is 2.65. The number of hydrogen-bond acceptors (Lipinski definition) is 4. The highest BCUT2D eigenvalue weighted by Gasteiger charge is 2.36. The highest BCUT2D eigenvalue weighted by molar-refractivity contribution is 7.92. The molecule has 29 heavy (non-hydrogen) atoms. The van der Waals surface area contributed by atoms with Crippen molar-refractivity contribution in [1.82, 2.24) is 5.32 Å². The molecule has 1 aliphatic rings. The van der Waals surface area contributed by atoms with Crippen LogP contribution in [0, 0.1) is 0 Å². The largest absolute Gasteiger partial charge is 0.476 e. The van der Waals surface area contributed by atoms with Gasteiger partial charge in [-0.05, 0) is 35.6 Å². The maximum absolute atomic E-state index is 12.8.